The Morgan fingerprint density at radius 3 is 2.29 bits per heavy atom. The molecule has 0 aliphatic carbocycles. The van der Waals surface area contributed by atoms with E-state index in [9.17, 15) is 9.59 Å². The smallest absolute Gasteiger partial charge is 0.243 e. The van der Waals surface area contributed by atoms with Gasteiger partial charge in [0.05, 0.1) is 24.6 Å². The highest BCUT2D eigenvalue weighted by atomic mass is 79.9. The number of rotatable bonds is 7. The van der Waals surface area contributed by atoms with E-state index >= 15 is 0 Å². The second-order valence-electron chi connectivity index (χ2n) is 7.81. The maximum atomic E-state index is 13.2. The van der Waals surface area contributed by atoms with Gasteiger partial charge in [-0.25, -0.2) is 5.01 Å². The van der Waals surface area contributed by atoms with E-state index in [1.807, 2.05) is 60.7 Å². The summed E-state index contributed by atoms with van der Waals surface area (Å²) in [5.41, 5.74) is 3.37. The van der Waals surface area contributed by atoms with Crippen molar-refractivity contribution in [3.8, 4) is 5.75 Å². The van der Waals surface area contributed by atoms with Crippen LogP contribution >= 0.6 is 31.9 Å². The van der Waals surface area contributed by atoms with E-state index in [1.54, 1.807) is 19.2 Å². The topological polar surface area (TPSA) is 71.0 Å². The molecule has 0 bridgehead atoms. The minimum Gasteiger partial charge on any atom is -0.495 e. The summed E-state index contributed by atoms with van der Waals surface area (Å²) >= 11 is 6.92. The van der Waals surface area contributed by atoms with Crippen LogP contribution in [0.2, 0.25) is 0 Å². The highest BCUT2D eigenvalue weighted by Gasteiger charge is 2.33. The Kier molecular flexibility index (Phi) is 7.80. The molecule has 4 rings (SSSR count). The van der Waals surface area contributed by atoms with Crippen molar-refractivity contribution in [2.24, 2.45) is 5.10 Å². The number of nitrogens with zero attached hydrogens (tertiary/aromatic N) is 2. The number of ether oxygens (including phenoxy) is 1. The van der Waals surface area contributed by atoms with Crippen LogP contribution in [-0.2, 0) is 9.59 Å². The summed E-state index contributed by atoms with van der Waals surface area (Å²) < 4.78 is 7.22. The maximum absolute atomic E-state index is 13.2. The number of benzene rings is 3. The average molecular weight is 585 g/mol. The van der Waals surface area contributed by atoms with E-state index in [-0.39, 0.29) is 30.7 Å². The number of hydrogen-bond donors (Lipinski definition) is 1. The molecule has 0 saturated heterocycles. The first-order valence-corrected chi connectivity index (χ1v) is 12.4. The molecule has 3 aromatic carbocycles. The molecular weight excluding hydrogens is 562 g/mol. The summed E-state index contributed by atoms with van der Waals surface area (Å²) in [6, 6.07) is 22.7. The second kappa shape index (κ2) is 11.0. The van der Waals surface area contributed by atoms with Gasteiger partial charge in [-0.05, 0) is 47.5 Å². The second-order valence-corrected chi connectivity index (χ2v) is 9.64. The molecule has 34 heavy (non-hydrogen) atoms. The van der Waals surface area contributed by atoms with Gasteiger partial charge in [-0.2, -0.15) is 5.10 Å². The number of methoxy groups -OCH3 is 1. The molecule has 1 N–H and O–H groups in total. The number of halogens is 2. The fourth-order valence-electron chi connectivity index (χ4n) is 3.80. The summed E-state index contributed by atoms with van der Waals surface area (Å²) in [4.78, 5) is 25.7. The van der Waals surface area contributed by atoms with E-state index in [1.165, 1.54) is 5.01 Å². The van der Waals surface area contributed by atoms with Gasteiger partial charge in [0.15, 0.2) is 0 Å². The van der Waals surface area contributed by atoms with Gasteiger partial charge in [-0.15, -0.1) is 0 Å². The molecule has 0 aromatic heterocycles. The Morgan fingerprint density at radius 1 is 0.971 bits per heavy atom. The van der Waals surface area contributed by atoms with E-state index in [0.717, 1.165) is 25.8 Å². The molecular formula is C26H23Br2N3O3. The molecule has 0 fully saturated rings. The molecule has 0 spiro atoms. The molecule has 8 heteroatoms. The minimum absolute atomic E-state index is 0.0452. The standard InChI is InChI=1S/C26H23Br2N3O3/c1-34-24-5-3-2-4-21(24)29-25(32)14-15-26(33)31-23(18-8-12-20(28)13-9-18)16-22(30-31)17-6-10-19(27)11-7-17/h2-13,23H,14-16H2,1H3,(H,29,32). The quantitative estimate of drug-likeness (QED) is 0.353. The lowest BCUT2D eigenvalue weighted by atomic mass is 9.98. The molecule has 3 aromatic rings. The number of hydrogen-bond acceptors (Lipinski definition) is 4. The number of anilines is 1. The summed E-state index contributed by atoms with van der Waals surface area (Å²) in [5, 5.41) is 9.02. The summed E-state index contributed by atoms with van der Waals surface area (Å²) in [7, 11) is 1.55. The lowest BCUT2D eigenvalue weighted by molar-refractivity contribution is -0.134. The maximum Gasteiger partial charge on any atom is 0.243 e. The fourth-order valence-corrected chi connectivity index (χ4v) is 4.33. The van der Waals surface area contributed by atoms with Crippen LogP contribution < -0.4 is 10.1 Å². The minimum atomic E-state index is -0.255. The molecule has 6 nitrogen and oxygen atoms in total. The van der Waals surface area contributed by atoms with Crippen molar-refractivity contribution in [2.45, 2.75) is 25.3 Å². The molecule has 2 amide bonds. The van der Waals surface area contributed by atoms with Gasteiger partial charge in [0.2, 0.25) is 11.8 Å². The Hall–Kier alpha value is -2.97. The van der Waals surface area contributed by atoms with Crippen LogP contribution in [0.5, 0.6) is 5.75 Å². The predicted molar refractivity (Wildman–Crippen MR) is 140 cm³/mol. The number of amides is 2. The van der Waals surface area contributed by atoms with Crippen molar-refractivity contribution in [3.63, 3.8) is 0 Å². The van der Waals surface area contributed by atoms with Gasteiger partial charge >= 0.3 is 0 Å². The van der Waals surface area contributed by atoms with E-state index in [0.29, 0.717) is 17.9 Å². The number of para-hydroxylation sites is 2. The lowest BCUT2D eigenvalue weighted by Crippen LogP contribution is -2.28. The van der Waals surface area contributed by atoms with Crippen molar-refractivity contribution in [3.05, 3.63) is 92.9 Å². The van der Waals surface area contributed by atoms with Gasteiger partial charge in [-0.3, -0.25) is 9.59 Å². The molecule has 174 valence electrons. The number of carbonyl (C=O) groups is 2. The highest BCUT2D eigenvalue weighted by Crippen LogP contribution is 2.34. The van der Waals surface area contributed by atoms with Gasteiger partial charge in [-0.1, -0.05) is 68.3 Å². The Morgan fingerprint density at radius 2 is 1.62 bits per heavy atom. The van der Waals surface area contributed by atoms with Gasteiger partial charge in [0.1, 0.15) is 5.75 Å². The Bertz CT molecular complexity index is 1210. The molecule has 0 saturated carbocycles. The van der Waals surface area contributed by atoms with Crippen LogP contribution in [0.25, 0.3) is 0 Å². The Balaban J connectivity index is 1.49. The van der Waals surface area contributed by atoms with Crippen LogP contribution in [-0.4, -0.2) is 29.6 Å². The molecule has 1 heterocycles. The average Bonchev–Trinajstić information content (AvgIpc) is 3.29. The van der Waals surface area contributed by atoms with Crippen LogP contribution in [0.4, 0.5) is 5.69 Å². The summed E-state index contributed by atoms with van der Waals surface area (Å²) in [6.07, 6.45) is 0.692. The molecule has 1 aliphatic heterocycles. The zero-order chi connectivity index (χ0) is 24.1. The normalized spacial score (nSPS) is 15.1. The first-order chi connectivity index (χ1) is 16.4. The number of hydrazone groups is 1. The van der Waals surface area contributed by atoms with Crippen molar-refractivity contribution in [1.82, 2.24) is 5.01 Å². The van der Waals surface area contributed by atoms with E-state index < -0.39 is 0 Å². The largest absolute Gasteiger partial charge is 0.495 e. The van der Waals surface area contributed by atoms with Gasteiger partial charge in [0, 0.05) is 28.2 Å². The SMILES string of the molecule is COc1ccccc1NC(=O)CCC(=O)N1N=C(c2ccc(Br)cc2)CC1c1ccc(Br)cc1. The van der Waals surface area contributed by atoms with Gasteiger partial charge in [0.25, 0.3) is 0 Å². The van der Waals surface area contributed by atoms with Crippen LogP contribution in [0.3, 0.4) is 0 Å². The third kappa shape index (κ3) is 5.74. The predicted octanol–water partition coefficient (Wildman–Crippen LogP) is 6.32. The molecule has 0 radical (unpaired) electrons. The zero-order valence-corrected chi connectivity index (χ0v) is 21.7. The summed E-state index contributed by atoms with van der Waals surface area (Å²) in [5.74, 6) is 0.116. The highest BCUT2D eigenvalue weighted by molar-refractivity contribution is 9.10. The molecule has 1 unspecified atom stereocenters. The number of carbonyl (C=O) groups excluding carboxylic acids is 2. The van der Waals surface area contributed by atoms with Crippen molar-refractivity contribution in [1.29, 1.82) is 0 Å². The van der Waals surface area contributed by atoms with Crippen molar-refractivity contribution >= 4 is 55.1 Å². The molecule has 1 atom stereocenters. The van der Waals surface area contributed by atoms with Gasteiger partial charge < -0.3 is 10.1 Å². The lowest BCUT2D eigenvalue weighted by Gasteiger charge is -2.22. The first-order valence-electron chi connectivity index (χ1n) is 10.8. The van der Waals surface area contributed by atoms with Crippen molar-refractivity contribution < 1.29 is 14.3 Å². The monoisotopic (exact) mass is 583 g/mol. The summed E-state index contributed by atoms with van der Waals surface area (Å²) in [6.45, 7) is 0. The zero-order valence-electron chi connectivity index (χ0n) is 18.5. The fraction of sp³-hybridized carbons (Fsp3) is 0.192. The third-order valence-corrected chi connectivity index (χ3v) is 6.60. The van der Waals surface area contributed by atoms with Crippen LogP contribution in [0, 0.1) is 0 Å². The third-order valence-electron chi connectivity index (χ3n) is 5.55. The van der Waals surface area contributed by atoms with E-state index in [2.05, 4.69) is 42.3 Å². The number of nitrogens with one attached hydrogen (secondary N) is 1. The van der Waals surface area contributed by atoms with Crippen molar-refractivity contribution in [2.75, 3.05) is 12.4 Å². The van der Waals surface area contributed by atoms with E-state index in [4.69, 9.17) is 4.74 Å². The van der Waals surface area contributed by atoms with Crippen LogP contribution in [0.15, 0.2) is 86.8 Å². The Labute approximate surface area is 215 Å². The molecule has 1 aliphatic rings. The van der Waals surface area contributed by atoms with Crippen LogP contribution in [0.1, 0.15) is 36.4 Å². The first kappa shape index (κ1) is 24.2.